The van der Waals surface area contributed by atoms with Gasteiger partial charge in [0, 0.05) is 25.5 Å². The number of nitrogens with one attached hydrogen (secondary N) is 1. The zero-order valence-electron chi connectivity index (χ0n) is 14.7. The van der Waals surface area contributed by atoms with Crippen LogP contribution in [0.15, 0.2) is 16.8 Å². The average molecular weight is 364 g/mol. The van der Waals surface area contributed by atoms with Crippen molar-refractivity contribution >= 4 is 17.2 Å². The SMILES string of the molecule is O=C(CC12C[C@@H]3C[C@@H](CC(O)(C3)C1)C2)NC[C@H](CO)Cc1ccsc1. The van der Waals surface area contributed by atoms with E-state index in [0.717, 1.165) is 38.5 Å². The van der Waals surface area contributed by atoms with Crippen molar-refractivity contribution in [3.8, 4) is 0 Å². The molecule has 4 saturated carbocycles. The first-order valence-corrected chi connectivity index (χ1v) is 10.5. The van der Waals surface area contributed by atoms with Crippen molar-refractivity contribution in [1.29, 1.82) is 0 Å². The molecule has 4 fully saturated rings. The van der Waals surface area contributed by atoms with Crippen molar-refractivity contribution < 1.29 is 15.0 Å². The molecule has 25 heavy (non-hydrogen) atoms. The van der Waals surface area contributed by atoms with E-state index in [4.69, 9.17) is 0 Å². The summed E-state index contributed by atoms with van der Waals surface area (Å²) in [5.41, 5.74) is 0.740. The highest BCUT2D eigenvalue weighted by Gasteiger charge is 2.57. The second-order valence-electron chi connectivity index (χ2n) is 9.05. The number of hydrogen-bond donors (Lipinski definition) is 3. The monoisotopic (exact) mass is 363 g/mol. The summed E-state index contributed by atoms with van der Waals surface area (Å²) < 4.78 is 0. The molecule has 5 rings (SSSR count). The first kappa shape index (κ1) is 17.5. The number of aliphatic hydroxyl groups is 2. The highest BCUT2D eigenvalue weighted by molar-refractivity contribution is 7.07. The summed E-state index contributed by atoms with van der Waals surface area (Å²) >= 11 is 1.66. The fourth-order valence-corrected chi connectivity index (χ4v) is 6.89. The molecular weight excluding hydrogens is 334 g/mol. The van der Waals surface area contributed by atoms with Crippen LogP contribution in [0, 0.1) is 23.2 Å². The maximum Gasteiger partial charge on any atom is 0.220 e. The number of amides is 1. The summed E-state index contributed by atoms with van der Waals surface area (Å²) in [7, 11) is 0. The maximum atomic E-state index is 12.6. The van der Waals surface area contributed by atoms with E-state index < -0.39 is 5.60 Å². The average Bonchev–Trinajstić information content (AvgIpc) is 3.01. The van der Waals surface area contributed by atoms with E-state index in [2.05, 4.69) is 16.8 Å². The lowest BCUT2D eigenvalue weighted by Gasteiger charge is -2.60. The van der Waals surface area contributed by atoms with Crippen molar-refractivity contribution in [3.05, 3.63) is 22.4 Å². The Kier molecular flexibility index (Phi) is 4.67. The van der Waals surface area contributed by atoms with Crippen LogP contribution in [-0.2, 0) is 11.2 Å². The molecule has 2 unspecified atom stereocenters. The number of carbonyl (C=O) groups is 1. The van der Waals surface area contributed by atoms with Crippen LogP contribution >= 0.6 is 11.3 Å². The summed E-state index contributed by atoms with van der Waals surface area (Å²) in [5, 5.41) is 27.6. The minimum absolute atomic E-state index is 0.0188. The Labute approximate surface area is 153 Å². The molecule has 5 atom stereocenters. The summed E-state index contributed by atoms with van der Waals surface area (Å²) in [6.07, 6.45) is 7.50. The first-order valence-electron chi connectivity index (χ1n) is 9.59. The first-order chi connectivity index (χ1) is 12.0. The summed E-state index contributed by atoms with van der Waals surface area (Å²) in [6, 6.07) is 2.07. The van der Waals surface area contributed by atoms with E-state index in [1.54, 1.807) is 11.3 Å². The van der Waals surface area contributed by atoms with Gasteiger partial charge in [0.15, 0.2) is 0 Å². The number of thiophene rings is 1. The molecule has 0 aliphatic heterocycles. The van der Waals surface area contributed by atoms with Gasteiger partial charge in [0.05, 0.1) is 5.60 Å². The van der Waals surface area contributed by atoms with Crippen molar-refractivity contribution in [3.63, 3.8) is 0 Å². The fraction of sp³-hybridized carbons (Fsp3) is 0.750. The van der Waals surface area contributed by atoms with Gasteiger partial charge in [0.1, 0.15) is 0 Å². The Hall–Kier alpha value is -0.910. The lowest BCUT2D eigenvalue weighted by molar-refractivity contribution is -0.169. The second-order valence-corrected chi connectivity index (χ2v) is 9.83. The Morgan fingerprint density at radius 2 is 2.08 bits per heavy atom. The van der Waals surface area contributed by atoms with Crippen LogP contribution < -0.4 is 5.32 Å². The third kappa shape index (κ3) is 3.79. The molecule has 5 heteroatoms. The van der Waals surface area contributed by atoms with Gasteiger partial charge in [-0.05, 0) is 84.6 Å². The van der Waals surface area contributed by atoms with Crippen LogP contribution in [0.5, 0.6) is 0 Å². The Morgan fingerprint density at radius 3 is 2.68 bits per heavy atom. The van der Waals surface area contributed by atoms with Gasteiger partial charge in [-0.1, -0.05) is 0 Å². The highest BCUT2D eigenvalue weighted by Crippen LogP contribution is 2.62. The molecular formula is C20H29NO3S. The largest absolute Gasteiger partial charge is 0.396 e. The predicted molar refractivity (Wildman–Crippen MR) is 98.3 cm³/mol. The maximum absolute atomic E-state index is 12.6. The van der Waals surface area contributed by atoms with Crippen LogP contribution in [0.4, 0.5) is 0 Å². The lowest BCUT2D eigenvalue weighted by atomic mass is 9.47. The van der Waals surface area contributed by atoms with Gasteiger partial charge in [-0.2, -0.15) is 11.3 Å². The fourth-order valence-electron chi connectivity index (χ4n) is 6.21. The Morgan fingerprint density at radius 1 is 1.32 bits per heavy atom. The van der Waals surface area contributed by atoms with Crippen LogP contribution in [0.3, 0.4) is 0 Å². The molecule has 3 N–H and O–H groups in total. The molecule has 1 amide bonds. The predicted octanol–water partition coefficient (Wildman–Crippen LogP) is 2.74. The Bertz CT molecular complexity index is 600. The van der Waals surface area contributed by atoms with Crippen molar-refractivity contribution in [2.45, 2.75) is 57.0 Å². The molecule has 1 aromatic heterocycles. The molecule has 1 heterocycles. The van der Waals surface area contributed by atoms with Gasteiger partial charge in [-0.3, -0.25) is 4.79 Å². The van der Waals surface area contributed by atoms with E-state index in [1.165, 1.54) is 12.0 Å². The van der Waals surface area contributed by atoms with Crippen molar-refractivity contribution in [1.82, 2.24) is 5.32 Å². The smallest absolute Gasteiger partial charge is 0.220 e. The highest BCUT2D eigenvalue weighted by atomic mass is 32.1. The number of aliphatic hydroxyl groups excluding tert-OH is 1. The summed E-state index contributed by atoms with van der Waals surface area (Å²) in [6.45, 7) is 0.615. The molecule has 4 aliphatic rings. The standard InChI is InChI=1S/C20H29NO3S/c22-11-17(3-14-1-2-25-12-14)10-21-18(23)9-19-5-15-4-16(6-19)8-20(24,7-15)13-19/h1-2,12,15-17,22,24H,3-11,13H2,(H,21,23)/t15-,16+,17-,19?,20?/m1/s1. The zero-order chi connectivity index (χ0) is 17.5. The van der Waals surface area contributed by atoms with Gasteiger partial charge in [0.25, 0.3) is 0 Å². The van der Waals surface area contributed by atoms with E-state index in [-0.39, 0.29) is 23.8 Å². The minimum Gasteiger partial charge on any atom is -0.396 e. The van der Waals surface area contributed by atoms with Crippen LogP contribution in [-0.4, -0.2) is 34.9 Å². The Balaban J connectivity index is 1.31. The zero-order valence-corrected chi connectivity index (χ0v) is 15.6. The third-order valence-electron chi connectivity index (χ3n) is 6.64. The molecule has 0 spiro atoms. The van der Waals surface area contributed by atoms with Gasteiger partial charge >= 0.3 is 0 Å². The molecule has 4 nitrogen and oxygen atoms in total. The van der Waals surface area contributed by atoms with E-state index >= 15 is 0 Å². The van der Waals surface area contributed by atoms with Crippen LogP contribution in [0.2, 0.25) is 0 Å². The van der Waals surface area contributed by atoms with Gasteiger partial charge in [-0.15, -0.1) is 0 Å². The minimum atomic E-state index is -0.503. The summed E-state index contributed by atoms with van der Waals surface area (Å²) in [5.74, 6) is 1.39. The van der Waals surface area contributed by atoms with Crippen molar-refractivity contribution in [2.75, 3.05) is 13.2 Å². The van der Waals surface area contributed by atoms with E-state index in [9.17, 15) is 15.0 Å². The normalized spacial score (nSPS) is 37.2. The summed E-state index contributed by atoms with van der Waals surface area (Å²) in [4.78, 5) is 12.6. The third-order valence-corrected chi connectivity index (χ3v) is 7.37. The van der Waals surface area contributed by atoms with Gasteiger partial charge in [0.2, 0.25) is 5.91 Å². The van der Waals surface area contributed by atoms with Crippen LogP contribution in [0.25, 0.3) is 0 Å². The van der Waals surface area contributed by atoms with E-state index in [0.29, 0.717) is 24.8 Å². The van der Waals surface area contributed by atoms with Gasteiger partial charge in [-0.25, -0.2) is 0 Å². The second kappa shape index (κ2) is 6.67. The van der Waals surface area contributed by atoms with Gasteiger partial charge < -0.3 is 15.5 Å². The van der Waals surface area contributed by atoms with Crippen molar-refractivity contribution in [2.24, 2.45) is 23.2 Å². The molecule has 0 aromatic carbocycles. The molecule has 0 saturated heterocycles. The number of carbonyl (C=O) groups excluding carboxylic acids is 1. The topological polar surface area (TPSA) is 69.6 Å². The molecule has 0 radical (unpaired) electrons. The van der Waals surface area contributed by atoms with Crippen LogP contribution in [0.1, 0.15) is 50.5 Å². The molecule has 4 aliphatic carbocycles. The lowest BCUT2D eigenvalue weighted by Crippen LogP contribution is -2.56. The van der Waals surface area contributed by atoms with E-state index in [1.807, 2.05) is 5.38 Å². The molecule has 4 bridgehead atoms. The molecule has 1 aromatic rings. The quantitative estimate of drug-likeness (QED) is 0.698. The molecule has 138 valence electrons. The number of hydrogen-bond acceptors (Lipinski definition) is 4. The number of rotatable bonds is 7.